The molecule has 1 heterocycles. The number of ether oxygens (including phenoxy) is 2. The smallest absolute Gasteiger partial charge is 0.255 e. The molecule has 0 radical (unpaired) electrons. The van der Waals surface area contributed by atoms with Crippen LogP contribution in [-0.2, 0) is 21.2 Å². The highest BCUT2D eigenvalue weighted by Gasteiger charge is 2.19. The van der Waals surface area contributed by atoms with Gasteiger partial charge in [-0.15, -0.1) is 0 Å². The van der Waals surface area contributed by atoms with Gasteiger partial charge in [-0.2, -0.15) is 9.41 Å². The number of benzene rings is 2. The summed E-state index contributed by atoms with van der Waals surface area (Å²) in [6.07, 6.45) is 3.05. The molecule has 0 saturated heterocycles. The fourth-order valence-electron chi connectivity index (χ4n) is 2.63. The fraction of sp³-hybridized carbons (Fsp3) is 0.263. The number of hydrogen-bond donors (Lipinski definition) is 1. The number of amides is 1. The van der Waals surface area contributed by atoms with Crippen molar-refractivity contribution >= 4 is 22.1 Å². The third kappa shape index (κ3) is 5.54. The molecule has 1 aliphatic heterocycles. The number of carbonyl (C=O) groups excluding carboxylic acids is 1. The Balaban J connectivity index is 1.54. The van der Waals surface area contributed by atoms with Gasteiger partial charge in [-0.05, 0) is 35.7 Å². The molecule has 0 fully saturated rings. The number of hydrazone groups is 1. The molecule has 9 heteroatoms. The van der Waals surface area contributed by atoms with Crippen molar-refractivity contribution in [3.8, 4) is 11.5 Å². The Morgan fingerprint density at radius 3 is 2.68 bits per heavy atom. The maximum Gasteiger partial charge on any atom is 0.255 e. The molecule has 1 aliphatic rings. The van der Waals surface area contributed by atoms with Crippen molar-refractivity contribution in [1.29, 1.82) is 0 Å². The van der Waals surface area contributed by atoms with E-state index in [-0.39, 0.29) is 19.9 Å². The van der Waals surface area contributed by atoms with Crippen LogP contribution in [0.4, 0.5) is 0 Å². The summed E-state index contributed by atoms with van der Waals surface area (Å²) < 4.78 is 35.6. The molecule has 0 aliphatic carbocycles. The second-order valence-electron chi connectivity index (χ2n) is 6.24. The van der Waals surface area contributed by atoms with E-state index in [1.807, 2.05) is 30.3 Å². The molecule has 1 amide bonds. The first-order chi connectivity index (χ1) is 13.4. The van der Waals surface area contributed by atoms with E-state index < -0.39 is 15.9 Å². The quantitative estimate of drug-likeness (QED) is 0.530. The lowest BCUT2D eigenvalue weighted by Gasteiger charge is -2.18. The van der Waals surface area contributed by atoms with Gasteiger partial charge in [0.25, 0.3) is 5.91 Å². The molecule has 0 spiro atoms. The normalized spacial score (nSPS) is 13.2. The number of carbonyl (C=O) groups is 1. The molecule has 28 heavy (non-hydrogen) atoms. The summed E-state index contributed by atoms with van der Waals surface area (Å²) in [6, 6.07) is 14.7. The van der Waals surface area contributed by atoms with Crippen molar-refractivity contribution in [3.05, 3.63) is 59.7 Å². The number of nitrogens with one attached hydrogen (secondary N) is 1. The van der Waals surface area contributed by atoms with Crippen molar-refractivity contribution in [2.75, 3.05) is 26.1 Å². The van der Waals surface area contributed by atoms with Crippen LogP contribution in [0.15, 0.2) is 53.6 Å². The van der Waals surface area contributed by atoms with Crippen molar-refractivity contribution in [2.45, 2.75) is 6.42 Å². The zero-order valence-corrected chi connectivity index (χ0v) is 16.2. The third-order valence-corrected chi connectivity index (χ3v) is 5.33. The van der Waals surface area contributed by atoms with Crippen LogP contribution in [0.3, 0.4) is 0 Å². The Kier molecular flexibility index (Phi) is 6.27. The van der Waals surface area contributed by atoms with Gasteiger partial charge in [0.15, 0.2) is 11.5 Å². The zero-order valence-electron chi connectivity index (χ0n) is 15.4. The maximum atomic E-state index is 12.1. The number of sulfonamides is 1. The minimum atomic E-state index is -3.52. The summed E-state index contributed by atoms with van der Waals surface area (Å²) in [5, 5.41) is 3.88. The fourth-order valence-corrected chi connectivity index (χ4v) is 3.40. The zero-order chi connectivity index (χ0) is 20.0. The molecule has 0 bridgehead atoms. The van der Waals surface area contributed by atoms with Crippen molar-refractivity contribution < 1.29 is 22.7 Å². The molecule has 0 unspecified atom stereocenters. The molecular formula is C19H21N3O5S. The number of fused-ring (bicyclic) bond motifs is 1. The minimum absolute atomic E-state index is 0.178. The van der Waals surface area contributed by atoms with Crippen molar-refractivity contribution in [3.63, 3.8) is 0 Å². The van der Waals surface area contributed by atoms with Gasteiger partial charge in [-0.25, -0.2) is 13.8 Å². The Labute approximate surface area is 163 Å². The van der Waals surface area contributed by atoms with E-state index in [4.69, 9.17) is 9.47 Å². The summed E-state index contributed by atoms with van der Waals surface area (Å²) >= 11 is 0. The van der Waals surface area contributed by atoms with Gasteiger partial charge in [0.1, 0.15) is 0 Å². The SMILES string of the molecule is CS(=O)(=O)N(CCc1ccccc1)CC(=O)N/N=C/c1ccc2c(c1)OCO2. The molecule has 1 N–H and O–H groups in total. The Bertz CT molecular complexity index is 961. The van der Waals surface area contributed by atoms with E-state index >= 15 is 0 Å². The second kappa shape index (κ2) is 8.85. The van der Waals surface area contributed by atoms with Crippen molar-refractivity contribution in [1.82, 2.24) is 9.73 Å². The number of nitrogens with zero attached hydrogens (tertiary/aromatic N) is 2. The van der Waals surface area contributed by atoms with Crippen LogP contribution < -0.4 is 14.9 Å². The summed E-state index contributed by atoms with van der Waals surface area (Å²) in [7, 11) is -3.52. The van der Waals surface area contributed by atoms with E-state index in [2.05, 4.69) is 10.5 Å². The van der Waals surface area contributed by atoms with Gasteiger partial charge >= 0.3 is 0 Å². The molecule has 8 nitrogen and oxygen atoms in total. The van der Waals surface area contributed by atoms with E-state index in [1.54, 1.807) is 18.2 Å². The molecule has 2 aromatic carbocycles. The second-order valence-corrected chi connectivity index (χ2v) is 8.22. The molecule has 0 saturated carbocycles. The highest BCUT2D eigenvalue weighted by atomic mass is 32.2. The largest absolute Gasteiger partial charge is 0.454 e. The van der Waals surface area contributed by atoms with Gasteiger partial charge in [0, 0.05) is 6.54 Å². The van der Waals surface area contributed by atoms with Gasteiger partial charge in [0.05, 0.1) is 19.0 Å². The average Bonchev–Trinajstić information content (AvgIpc) is 3.13. The van der Waals surface area contributed by atoms with E-state index in [0.717, 1.165) is 16.1 Å². The van der Waals surface area contributed by atoms with Gasteiger partial charge in [-0.1, -0.05) is 30.3 Å². The highest BCUT2D eigenvalue weighted by molar-refractivity contribution is 7.88. The third-order valence-electron chi connectivity index (χ3n) is 4.08. The molecule has 3 rings (SSSR count). The average molecular weight is 403 g/mol. The highest BCUT2D eigenvalue weighted by Crippen LogP contribution is 2.31. The lowest BCUT2D eigenvalue weighted by molar-refractivity contribution is -0.121. The molecule has 148 valence electrons. The molecule has 0 atom stereocenters. The first-order valence-electron chi connectivity index (χ1n) is 8.62. The predicted octanol–water partition coefficient (Wildman–Crippen LogP) is 1.37. The van der Waals surface area contributed by atoms with Crippen LogP contribution in [-0.4, -0.2) is 51.0 Å². The van der Waals surface area contributed by atoms with Crippen LogP contribution in [0, 0.1) is 0 Å². The van der Waals surface area contributed by atoms with Crippen LogP contribution >= 0.6 is 0 Å². The maximum absolute atomic E-state index is 12.1. The summed E-state index contributed by atoms with van der Waals surface area (Å²) in [5.41, 5.74) is 4.07. The van der Waals surface area contributed by atoms with Crippen LogP contribution in [0.5, 0.6) is 11.5 Å². The summed E-state index contributed by atoms with van der Waals surface area (Å²) in [5.74, 6) is 0.748. The molecular weight excluding hydrogens is 382 g/mol. The van der Waals surface area contributed by atoms with E-state index in [9.17, 15) is 13.2 Å². The van der Waals surface area contributed by atoms with E-state index in [1.165, 1.54) is 6.21 Å². The van der Waals surface area contributed by atoms with Crippen LogP contribution in [0.2, 0.25) is 0 Å². The van der Waals surface area contributed by atoms with Gasteiger partial charge in [-0.3, -0.25) is 4.79 Å². The molecule has 2 aromatic rings. The standard InChI is InChI=1S/C19H21N3O5S/c1-28(24,25)22(10-9-15-5-3-2-4-6-15)13-19(23)21-20-12-16-7-8-17-18(11-16)27-14-26-17/h2-8,11-12H,9-10,13-14H2,1H3,(H,21,23)/b20-12+. The van der Waals surface area contributed by atoms with Crippen LogP contribution in [0.1, 0.15) is 11.1 Å². The minimum Gasteiger partial charge on any atom is -0.454 e. The van der Waals surface area contributed by atoms with Crippen molar-refractivity contribution in [2.24, 2.45) is 5.10 Å². The number of hydrogen-bond acceptors (Lipinski definition) is 6. The lowest BCUT2D eigenvalue weighted by Crippen LogP contribution is -2.40. The number of rotatable bonds is 8. The monoisotopic (exact) mass is 403 g/mol. The van der Waals surface area contributed by atoms with E-state index in [0.29, 0.717) is 23.5 Å². The Morgan fingerprint density at radius 2 is 1.93 bits per heavy atom. The van der Waals surface area contributed by atoms with Gasteiger partial charge < -0.3 is 9.47 Å². The summed E-state index contributed by atoms with van der Waals surface area (Å²) in [4.78, 5) is 12.1. The Hall–Kier alpha value is -2.91. The summed E-state index contributed by atoms with van der Waals surface area (Å²) in [6.45, 7) is 0.0866. The Morgan fingerprint density at radius 1 is 1.18 bits per heavy atom. The van der Waals surface area contributed by atoms with Gasteiger partial charge in [0.2, 0.25) is 16.8 Å². The topological polar surface area (TPSA) is 97.3 Å². The first kappa shape index (κ1) is 19.8. The first-order valence-corrected chi connectivity index (χ1v) is 10.5. The predicted molar refractivity (Wildman–Crippen MR) is 105 cm³/mol. The molecule has 0 aromatic heterocycles. The lowest BCUT2D eigenvalue weighted by atomic mass is 10.1. The van der Waals surface area contributed by atoms with Crippen LogP contribution in [0.25, 0.3) is 0 Å².